The monoisotopic (exact) mass is 212 g/mol. The van der Waals surface area contributed by atoms with Crippen LogP contribution >= 0.6 is 0 Å². The lowest BCUT2D eigenvalue weighted by molar-refractivity contribution is -0.0898. The Morgan fingerprint density at radius 1 is 1.40 bits per heavy atom. The van der Waals surface area contributed by atoms with Crippen molar-refractivity contribution in [2.45, 2.75) is 45.3 Å². The van der Waals surface area contributed by atoms with Crippen molar-refractivity contribution in [3.8, 4) is 0 Å². The molecule has 15 heavy (non-hydrogen) atoms. The van der Waals surface area contributed by atoms with Gasteiger partial charge in [0.25, 0.3) is 0 Å². The molecule has 0 fully saturated rings. The highest BCUT2D eigenvalue weighted by molar-refractivity contribution is 6.38. The van der Waals surface area contributed by atoms with Crippen LogP contribution in [0.15, 0.2) is 11.5 Å². The first kappa shape index (κ1) is 12.8. The minimum atomic E-state index is -0.616. The molecule has 1 aliphatic rings. The molecule has 0 saturated carbocycles. The SMILES string of the molecule is CC(C)([OH2+])C(C)(C)O[B]C1=CCOCC1. The van der Waals surface area contributed by atoms with Gasteiger partial charge in [0, 0.05) is 20.5 Å². The molecule has 0 aromatic carbocycles. The zero-order chi connectivity index (χ0) is 11.5. The fourth-order valence-electron chi connectivity index (χ4n) is 1.02. The molecule has 0 bridgehead atoms. The Hall–Kier alpha value is -0.315. The maximum atomic E-state index is 7.96. The molecule has 1 heterocycles. The normalized spacial score (nSPS) is 18.6. The Morgan fingerprint density at radius 2 is 2.07 bits per heavy atom. The molecule has 0 unspecified atom stereocenters. The number of rotatable bonds is 4. The lowest BCUT2D eigenvalue weighted by Gasteiger charge is -2.34. The van der Waals surface area contributed by atoms with Crippen LogP contribution in [0.25, 0.3) is 0 Å². The summed E-state index contributed by atoms with van der Waals surface area (Å²) in [4.78, 5) is 0. The molecular formula is C11H21BO3+. The van der Waals surface area contributed by atoms with Gasteiger partial charge in [-0.15, -0.1) is 0 Å². The Balaban J connectivity index is 2.45. The zero-order valence-electron chi connectivity index (χ0n) is 10.1. The molecule has 0 aliphatic carbocycles. The fraction of sp³-hybridized carbons (Fsp3) is 0.818. The number of hydrogen-bond acceptors (Lipinski definition) is 2. The van der Waals surface area contributed by atoms with Crippen molar-refractivity contribution in [2.75, 3.05) is 13.2 Å². The summed E-state index contributed by atoms with van der Waals surface area (Å²) in [7, 11) is 1.78. The molecule has 3 nitrogen and oxygen atoms in total. The van der Waals surface area contributed by atoms with E-state index in [1.807, 2.05) is 33.8 Å². The van der Waals surface area contributed by atoms with E-state index in [0.717, 1.165) is 13.0 Å². The standard InChI is InChI=1S/C11H20BO3/c1-10(2,13)11(3,4)15-12-9-5-7-14-8-6-9/h5,13H,6-8H2,1-4H3/p+1. The van der Waals surface area contributed by atoms with E-state index >= 15 is 0 Å². The Kier molecular flexibility index (Phi) is 3.98. The number of ether oxygens (including phenoxy) is 1. The van der Waals surface area contributed by atoms with Crippen molar-refractivity contribution < 1.29 is 14.5 Å². The van der Waals surface area contributed by atoms with Gasteiger partial charge in [-0.25, -0.2) is 0 Å². The van der Waals surface area contributed by atoms with Crippen LogP contribution in [0, 0.1) is 0 Å². The molecule has 0 aromatic heterocycles. The highest BCUT2D eigenvalue weighted by Gasteiger charge is 2.40. The van der Waals surface area contributed by atoms with Crippen LogP contribution in [0.4, 0.5) is 0 Å². The third kappa shape index (κ3) is 3.63. The van der Waals surface area contributed by atoms with Crippen molar-refractivity contribution in [2.24, 2.45) is 0 Å². The van der Waals surface area contributed by atoms with Gasteiger partial charge in [-0.2, -0.15) is 0 Å². The quantitative estimate of drug-likeness (QED) is 0.519. The molecule has 1 radical (unpaired) electrons. The van der Waals surface area contributed by atoms with Crippen molar-refractivity contribution in [3.63, 3.8) is 0 Å². The summed E-state index contributed by atoms with van der Waals surface area (Å²) < 4.78 is 10.9. The lowest BCUT2D eigenvalue weighted by atomic mass is 9.80. The maximum absolute atomic E-state index is 7.96. The topological polar surface area (TPSA) is 41.4 Å². The molecule has 0 atom stereocenters. The van der Waals surface area contributed by atoms with Crippen LogP contribution in [0.5, 0.6) is 0 Å². The first-order chi connectivity index (χ1) is 6.83. The third-order valence-electron chi connectivity index (χ3n) is 3.01. The summed E-state index contributed by atoms with van der Waals surface area (Å²) in [6.45, 7) is 9.03. The van der Waals surface area contributed by atoms with Gasteiger partial charge in [0.05, 0.1) is 6.61 Å². The van der Waals surface area contributed by atoms with Gasteiger partial charge in [0.15, 0.2) is 5.60 Å². The summed E-state index contributed by atoms with van der Waals surface area (Å²) in [5.74, 6) is 0. The third-order valence-corrected chi connectivity index (χ3v) is 3.01. The van der Waals surface area contributed by atoms with E-state index in [1.165, 1.54) is 5.47 Å². The van der Waals surface area contributed by atoms with Gasteiger partial charge in [-0.3, -0.25) is 0 Å². The molecule has 4 heteroatoms. The summed E-state index contributed by atoms with van der Waals surface area (Å²) in [5.41, 5.74) is 0.0695. The second kappa shape index (κ2) is 4.68. The van der Waals surface area contributed by atoms with E-state index in [9.17, 15) is 0 Å². The van der Waals surface area contributed by atoms with E-state index in [0.29, 0.717) is 6.61 Å². The van der Waals surface area contributed by atoms with E-state index in [-0.39, 0.29) is 0 Å². The average molecular weight is 212 g/mol. The van der Waals surface area contributed by atoms with Crippen LogP contribution in [0.1, 0.15) is 34.1 Å². The molecule has 0 aromatic rings. The van der Waals surface area contributed by atoms with Gasteiger partial charge in [0.1, 0.15) is 5.60 Å². The van der Waals surface area contributed by atoms with Gasteiger partial charge in [-0.1, -0.05) is 11.5 Å². The van der Waals surface area contributed by atoms with E-state index in [4.69, 9.17) is 14.5 Å². The maximum Gasteiger partial charge on any atom is 0.326 e. The first-order valence-electron chi connectivity index (χ1n) is 5.36. The zero-order valence-corrected chi connectivity index (χ0v) is 10.1. The minimum Gasteiger partial charge on any atom is -0.439 e. The molecule has 0 saturated heterocycles. The Bertz CT molecular complexity index is 241. The number of hydrogen-bond donors (Lipinski definition) is 0. The van der Waals surface area contributed by atoms with Crippen LogP contribution in [-0.2, 0) is 9.39 Å². The largest absolute Gasteiger partial charge is 0.439 e. The minimum absolute atomic E-state index is 0.480. The molecule has 85 valence electrons. The molecule has 2 N–H and O–H groups in total. The van der Waals surface area contributed by atoms with Gasteiger partial charge in [0.2, 0.25) is 0 Å². The van der Waals surface area contributed by atoms with Crippen molar-refractivity contribution in [3.05, 3.63) is 11.5 Å². The molecule has 1 aliphatic heterocycles. The molecule has 1 rings (SSSR count). The van der Waals surface area contributed by atoms with Crippen LogP contribution in [-0.4, -0.2) is 37.0 Å². The molecular weight excluding hydrogens is 191 g/mol. The van der Waals surface area contributed by atoms with Gasteiger partial charge in [-0.05, 0) is 20.3 Å². The predicted octanol–water partition coefficient (Wildman–Crippen LogP) is 1.21. The van der Waals surface area contributed by atoms with Crippen molar-refractivity contribution in [1.29, 1.82) is 0 Å². The van der Waals surface area contributed by atoms with Crippen molar-refractivity contribution >= 4 is 7.48 Å². The Morgan fingerprint density at radius 3 is 2.53 bits per heavy atom. The molecule has 0 spiro atoms. The van der Waals surface area contributed by atoms with Gasteiger partial charge >= 0.3 is 7.48 Å². The Labute approximate surface area is 92.7 Å². The second-order valence-corrected chi connectivity index (χ2v) is 4.97. The first-order valence-corrected chi connectivity index (χ1v) is 5.36. The molecule has 0 amide bonds. The fourth-order valence-corrected chi connectivity index (χ4v) is 1.02. The van der Waals surface area contributed by atoms with Crippen LogP contribution in [0.2, 0.25) is 0 Å². The second-order valence-electron chi connectivity index (χ2n) is 4.97. The average Bonchev–Trinajstić information content (AvgIpc) is 2.15. The highest BCUT2D eigenvalue weighted by Crippen LogP contribution is 2.25. The smallest absolute Gasteiger partial charge is 0.326 e. The summed E-state index contributed by atoms with van der Waals surface area (Å²) in [5, 5.41) is 7.96. The van der Waals surface area contributed by atoms with E-state index < -0.39 is 11.2 Å². The summed E-state index contributed by atoms with van der Waals surface area (Å²) >= 11 is 0. The van der Waals surface area contributed by atoms with Crippen molar-refractivity contribution in [1.82, 2.24) is 0 Å². The summed E-state index contributed by atoms with van der Waals surface area (Å²) in [6, 6.07) is 0. The van der Waals surface area contributed by atoms with Crippen LogP contribution in [0.3, 0.4) is 0 Å². The highest BCUT2D eigenvalue weighted by atomic mass is 16.5. The van der Waals surface area contributed by atoms with Crippen LogP contribution < -0.4 is 0 Å². The van der Waals surface area contributed by atoms with E-state index in [1.54, 1.807) is 7.48 Å². The summed E-state index contributed by atoms with van der Waals surface area (Å²) in [6.07, 6.45) is 2.92. The lowest BCUT2D eigenvalue weighted by Crippen LogP contribution is -2.48. The predicted molar refractivity (Wildman–Crippen MR) is 62.1 cm³/mol. The van der Waals surface area contributed by atoms with Gasteiger partial charge < -0.3 is 14.5 Å². The van der Waals surface area contributed by atoms with E-state index in [2.05, 4.69) is 0 Å².